The number of carbonyl (C=O) groups excluding carboxylic acids is 2. The second-order valence-corrected chi connectivity index (χ2v) is 5.59. The molecule has 1 aliphatic rings. The van der Waals surface area contributed by atoms with E-state index in [1.165, 1.54) is 11.0 Å². The monoisotopic (exact) mass is 327 g/mol. The molecule has 1 aliphatic heterocycles. The first kappa shape index (κ1) is 15.9. The highest BCUT2D eigenvalue weighted by Crippen LogP contribution is 2.38. The molecule has 0 aliphatic carbocycles. The van der Waals surface area contributed by atoms with Crippen LogP contribution in [0.5, 0.6) is 5.75 Å². The Morgan fingerprint density at radius 3 is 2.42 bits per heavy atom. The van der Waals surface area contributed by atoms with Crippen molar-refractivity contribution in [2.45, 2.75) is 13.0 Å². The summed E-state index contributed by atoms with van der Waals surface area (Å²) in [5, 5.41) is 10.2. The van der Waals surface area contributed by atoms with Crippen molar-refractivity contribution in [3.05, 3.63) is 64.8 Å². The molecule has 1 aromatic heterocycles. The Hall–Kier alpha value is -3.02. The Morgan fingerprint density at radius 2 is 1.88 bits per heavy atom. The molecule has 1 unspecified atom stereocenters. The first-order valence-electron chi connectivity index (χ1n) is 7.39. The average Bonchev–Trinajstić information content (AvgIpc) is 3.12. The van der Waals surface area contributed by atoms with Gasteiger partial charge >= 0.3 is 0 Å². The third-order valence-electron chi connectivity index (χ3n) is 4.08. The summed E-state index contributed by atoms with van der Waals surface area (Å²) < 4.78 is 10.5. The van der Waals surface area contributed by atoms with Crippen molar-refractivity contribution in [3.8, 4) is 5.75 Å². The SMILES string of the molecule is COc1ccc(C2C(C(=O)c3ccc(C)o3)=C(O)C(=O)N2C)cc1. The molecule has 2 aromatic rings. The minimum absolute atomic E-state index is 0.0158. The molecule has 1 atom stereocenters. The number of benzene rings is 1. The van der Waals surface area contributed by atoms with Crippen molar-refractivity contribution in [1.82, 2.24) is 4.90 Å². The number of hydrogen-bond acceptors (Lipinski definition) is 5. The van der Waals surface area contributed by atoms with Crippen molar-refractivity contribution >= 4 is 11.7 Å². The van der Waals surface area contributed by atoms with Crippen LogP contribution in [-0.4, -0.2) is 35.9 Å². The van der Waals surface area contributed by atoms with Gasteiger partial charge in [0.15, 0.2) is 11.5 Å². The predicted octanol–water partition coefficient (Wildman–Crippen LogP) is 2.80. The topological polar surface area (TPSA) is 80.0 Å². The lowest BCUT2D eigenvalue weighted by atomic mass is 9.95. The normalized spacial score (nSPS) is 17.5. The molecule has 2 heterocycles. The summed E-state index contributed by atoms with van der Waals surface area (Å²) in [6.45, 7) is 1.72. The number of methoxy groups -OCH3 is 1. The van der Waals surface area contributed by atoms with Crippen LogP contribution in [0.1, 0.15) is 27.9 Å². The van der Waals surface area contributed by atoms with Gasteiger partial charge in [0.05, 0.1) is 18.7 Å². The molecule has 0 radical (unpaired) electrons. The van der Waals surface area contributed by atoms with E-state index in [2.05, 4.69) is 0 Å². The third kappa shape index (κ3) is 2.46. The van der Waals surface area contributed by atoms with E-state index < -0.39 is 23.5 Å². The van der Waals surface area contributed by atoms with Crippen molar-refractivity contribution in [1.29, 1.82) is 0 Å². The zero-order chi connectivity index (χ0) is 17.4. The number of nitrogens with zero attached hydrogens (tertiary/aromatic N) is 1. The molecule has 0 spiro atoms. The van der Waals surface area contributed by atoms with Gasteiger partial charge in [-0.15, -0.1) is 0 Å². The highest BCUT2D eigenvalue weighted by atomic mass is 16.5. The molecular weight excluding hydrogens is 310 g/mol. The van der Waals surface area contributed by atoms with Gasteiger partial charge in [0, 0.05) is 7.05 Å². The fourth-order valence-corrected chi connectivity index (χ4v) is 2.82. The second kappa shape index (κ2) is 5.88. The van der Waals surface area contributed by atoms with E-state index in [9.17, 15) is 14.7 Å². The lowest BCUT2D eigenvalue weighted by molar-refractivity contribution is -0.128. The second-order valence-electron chi connectivity index (χ2n) is 5.59. The van der Waals surface area contributed by atoms with Crippen LogP contribution in [-0.2, 0) is 4.79 Å². The quantitative estimate of drug-likeness (QED) is 0.874. The minimum atomic E-state index is -0.679. The van der Waals surface area contributed by atoms with Gasteiger partial charge in [-0.3, -0.25) is 9.59 Å². The van der Waals surface area contributed by atoms with Crippen LogP contribution in [0.3, 0.4) is 0 Å². The Balaban J connectivity index is 2.05. The fraction of sp³-hybridized carbons (Fsp3) is 0.222. The van der Waals surface area contributed by atoms with Gasteiger partial charge in [0.2, 0.25) is 5.78 Å². The van der Waals surface area contributed by atoms with Gasteiger partial charge in [-0.2, -0.15) is 0 Å². The largest absolute Gasteiger partial charge is 0.503 e. The number of hydrogen-bond donors (Lipinski definition) is 1. The summed E-state index contributed by atoms with van der Waals surface area (Å²) in [4.78, 5) is 26.3. The lowest BCUT2D eigenvalue weighted by Crippen LogP contribution is -2.26. The van der Waals surface area contributed by atoms with Crippen LogP contribution in [0.4, 0.5) is 0 Å². The molecule has 0 fully saturated rings. The van der Waals surface area contributed by atoms with Crippen LogP contribution < -0.4 is 4.74 Å². The first-order chi connectivity index (χ1) is 11.4. The van der Waals surface area contributed by atoms with Crippen LogP contribution >= 0.6 is 0 Å². The van der Waals surface area contributed by atoms with Gasteiger partial charge in [-0.05, 0) is 36.8 Å². The van der Waals surface area contributed by atoms with E-state index >= 15 is 0 Å². The van der Waals surface area contributed by atoms with Gasteiger partial charge in [-0.25, -0.2) is 0 Å². The highest BCUT2D eigenvalue weighted by molar-refractivity contribution is 6.14. The summed E-state index contributed by atoms with van der Waals surface area (Å²) in [6.07, 6.45) is 0. The fourth-order valence-electron chi connectivity index (χ4n) is 2.82. The van der Waals surface area contributed by atoms with Crippen LogP contribution in [0.2, 0.25) is 0 Å². The van der Waals surface area contributed by atoms with Gasteiger partial charge < -0.3 is 19.2 Å². The molecule has 1 aromatic carbocycles. The first-order valence-corrected chi connectivity index (χ1v) is 7.39. The zero-order valence-corrected chi connectivity index (χ0v) is 13.6. The summed E-state index contributed by atoms with van der Waals surface area (Å²) in [7, 11) is 3.10. The number of aryl methyl sites for hydroxylation is 1. The molecule has 0 saturated heterocycles. The maximum Gasteiger partial charge on any atom is 0.289 e. The molecular formula is C18H17NO5. The van der Waals surface area contributed by atoms with E-state index in [1.807, 2.05) is 0 Å². The Labute approximate surface area is 138 Å². The average molecular weight is 327 g/mol. The number of aliphatic hydroxyl groups excluding tert-OH is 1. The van der Waals surface area contributed by atoms with Crippen molar-refractivity contribution in [2.75, 3.05) is 14.2 Å². The van der Waals surface area contributed by atoms with E-state index in [0.717, 1.165) is 0 Å². The molecule has 1 N–H and O–H groups in total. The van der Waals surface area contributed by atoms with Crippen LogP contribution in [0.15, 0.2) is 52.1 Å². The smallest absolute Gasteiger partial charge is 0.289 e. The third-order valence-corrected chi connectivity index (χ3v) is 4.08. The van der Waals surface area contributed by atoms with Gasteiger partial charge in [-0.1, -0.05) is 12.1 Å². The van der Waals surface area contributed by atoms with Gasteiger partial charge in [0.1, 0.15) is 11.5 Å². The molecule has 0 saturated carbocycles. The standard InChI is InChI=1S/C18H17NO5/c1-10-4-9-13(24-10)16(20)14-15(19(2)18(22)17(14)21)11-5-7-12(23-3)8-6-11/h4-9,15,21H,1-3H3. The number of likely N-dealkylation sites (N-methyl/N-ethyl adjacent to an activating group) is 1. The highest BCUT2D eigenvalue weighted by Gasteiger charge is 2.42. The van der Waals surface area contributed by atoms with Gasteiger partial charge in [0.25, 0.3) is 5.91 Å². The molecule has 124 valence electrons. The molecule has 6 heteroatoms. The summed E-state index contributed by atoms with van der Waals surface area (Å²) in [5.41, 5.74) is 0.712. The number of ether oxygens (including phenoxy) is 1. The number of carbonyl (C=O) groups is 2. The summed E-state index contributed by atoms with van der Waals surface area (Å²) in [6, 6.07) is 9.50. The predicted molar refractivity (Wildman–Crippen MR) is 85.9 cm³/mol. The van der Waals surface area contributed by atoms with Crippen molar-refractivity contribution in [2.24, 2.45) is 0 Å². The maximum absolute atomic E-state index is 12.8. The number of amides is 1. The Bertz CT molecular complexity index is 831. The van der Waals surface area contributed by atoms with E-state index in [0.29, 0.717) is 17.1 Å². The minimum Gasteiger partial charge on any atom is -0.503 e. The van der Waals surface area contributed by atoms with E-state index in [1.54, 1.807) is 51.4 Å². The van der Waals surface area contributed by atoms with Crippen molar-refractivity contribution < 1.29 is 23.8 Å². The lowest BCUT2D eigenvalue weighted by Gasteiger charge is -2.22. The zero-order valence-electron chi connectivity index (χ0n) is 13.6. The van der Waals surface area contributed by atoms with E-state index in [4.69, 9.17) is 9.15 Å². The molecule has 0 bridgehead atoms. The molecule has 3 rings (SSSR count). The number of rotatable bonds is 4. The van der Waals surface area contributed by atoms with Crippen molar-refractivity contribution in [3.63, 3.8) is 0 Å². The number of ketones is 1. The summed E-state index contributed by atoms with van der Waals surface area (Å²) in [5.74, 6) is -0.305. The Kier molecular flexibility index (Phi) is 3.89. The number of Topliss-reactive ketones (excluding diaryl/α,β-unsaturated/α-hetero) is 1. The maximum atomic E-state index is 12.8. The molecule has 1 amide bonds. The van der Waals surface area contributed by atoms with E-state index in [-0.39, 0.29) is 11.3 Å². The molecule has 24 heavy (non-hydrogen) atoms. The molecule has 6 nitrogen and oxygen atoms in total. The Morgan fingerprint density at radius 1 is 1.21 bits per heavy atom. The number of aliphatic hydroxyl groups is 1. The number of furan rings is 1. The van der Waals surface area contributed by atoms with Crippen LogP contribution in [0.25, 0.3) is 0 Å². The summed E-state index contributed by atoms with van der Waals surface area (Å²) >= 11 is 0. The van der Waals surface area contributed by atoms with Crippen LogP contribution in [0, 0.1) is 6.92 Å².